The van der Waals surface area contributed by atoms with Crippen molar-refractivity contribution in [3.05, 3.63) is 125 Å². The highest BCUT2D eigenvalue weighted by molar-refractivity contribution is 6.30. The summed E-state index contributed by atoms with van der Waals surface area (Å²) in [5.74, 6) is 1.27. The van der Waals surface area contributed by atoms with E-state index in [9.17, 15) is 4.79 Å². The van der Waals surface area contributed by atoms with Gasteiger partial charge in [0.25, 0.3) is 0 Å². The first-order valence-corrected chi connectivity index (χ1v) is 12.7. The molecule has 37 heavy (non-hydrogen) atoms. The largest absolute Gasteiger partial charge is 0.457 e. The van der Waals surface area contributed by atoms with Gasteiger partial charge in [0.2, 0.25) is 5.91 Å². The van der Waals surface area contributed by atoms with Crippen LogP contribution in [0.3, 0.4) is 0 Å². The molecule has 0 spiro atoms. The van der Waals surface area contributed by atoms with Crippen LogP contribution < -0.4 is 10.1 Å². The summed E-state index contributed by atoms with van der Waals surface area (Å²) in [5.41, 5.74) is 4.22. The monoisotopic (exact) mass is 509 g/mol. The number of aromatic nitrogens is 2. The Kier molecular flexibility index (Phi) is 7.52. The van der Waals surface area contributed by atoms with Crippen molar-refractivity contribution in [2.75, 3.05) is 6.54 Å². The standard InChI is InChI=1S/C31H28ClN3O2/c1-35-21-29(27-10-2-3-11-30(27)35)28(20-31(36)34-18-16-24-8-4-5-17-33-24)22-7-6-9-26(19-22)37-25-14-12-23(32)13-15-25/h2-15,17,19,21,28H,16,18,20H2,1H3,(H,34,36). The molecule has 2 aromatic heterocycles. The Labute approximate surface area is 221 Å². The van der Waals surface area contributed by atoms with Gasteiger partial charge in [-0.3, -0.25) is 9.78 Å². The van der Waals surface area contributed by atoms with Crippen molar-refractivity contribution in [2.24, 2.45) is 7.05 Å². The van der Waals surface area contributed by atoms with Crippen molar-refractivity contribution in [1.29, 1.82) is 0 Å². The molecule has 5 nitrogen and oxygen atoms in total. The molecule has 3 aromatic carbocycles. The normalized spacial score (nSPS) is 11.8. The molecular formula is C31H28ClN3O2. The van der Waals surface area contributed by atoms with Gasteiger partial charge < -0.3 is 14.6 Å². The van der Waals surface area contributed by atoms with E-state index in [2.05, 4.69) is 39.3 Å². The van der Waals surface area contributed by atoms with Crippen molar-refractivity contribution in [3.63, 3.8) is 0 Å². The lowest BCUT2D eigenvalue weighted by Crippen LogP contribution is -2.27. The van der Waals surface area contributed by atoms with Gasteiger partial charge in [-0.25, -0.2) is 0 Å². The smallest absolute Gasteiger partial charge is 0.220 e. The SMILES string of the molecule is Cn1cc(C(CC(=O)NCCc2ccccn2)c2cccc(Oc3ccc(Cl)cc3)c2)c2ccccc21. The van der Waals surface area contributed by atoms with Crippen molar-refractivity contribution in [3.8, 4) is 11.5 Å². The molecule has 0 aliphatic carbocycles. The summed E-state index contributed by atoms with van der Waals surface area (Å²) in [4.78, 5) is 17.5. The average molecular weight is 510 g/mol. The van der Waals surface area contributed by atoms with Crippen molar-refractivity contribution in [1.82, 2.24) is 14.9 Å². The molecule has 2 heterocycles. The van der Waals surface area contributed by atoms with Gasteiger partial charge >= 0.3 is 0 Å². The maximum atomic E-state index is 13.2. The zero-order valence-electron chi connectivity index (χ0n) is 20.6. The van der Waals surface area contributed by atoms with Gasteiger partial charge in [-0.15, -0.1) is 0 Å². The van der Waals surface area contributed by atoms with E-state index < -0.39 is 0 Å². The van der Waals surface area contributed by atoms with E-state index in [0.29, 0.717) is 35.9 Å². The van der Waals surface area contributed by atoms with Crippen LogP contribution in [-0.2, 0) is 18.3 Å². The average Bonchev–Trinajstić information content (AvgIpc) is 3.25. The minimum atomic E-state index is -0.144. The summed E-state index contributed by atoms with van der Waals surface area (Å²) < 4.78 is 8.22. The van der Waals surface area contributed by atoms with Crippen LogP contribution in [0.5, 0.6) is 11.5 Å². The van der Waals surface area contributed by atoms with E-state index in [0.717, 1.165) is 27.7 Å². The quantitative estimate of drug-likeness (QED) is 0.235. The number of carbonyl (C=O) groups is 1. The molecule has 0 aliphatic heterocycles. The number of rotatable bonds is 9. The number of fused-ring (bicyclic) bond motifs is 1. The van der Waals surface area contributed by atoms with Gasteiger partial charge in [0.05, 0.1) is 0 Å². The van der Waals surface area contributed by atoms with Gasteiger partial charge in [-0.1, -0.05) is 48.0 Å². The van der Waals surface area contributed by atoms with Gasteiger partial charge in [0, 0.05) is 66.4 Å². The second kappa shape index (κ2) is 11.3. The van der Waals surface area contributed by atoms with Crippen LogP contribution in [0, 0.1) is 0 Å². The summed E-state index contributed by atoms with van der Waals surface area (Å²) >= 11 is 6.02. The summed E-state index contributed by atoms with van der Waals surface area (Å²) in [7, 11) is 2.04. The Morgan fingerprint density at radius 1 is 0.973 bits per heavy atom. The van der Waals surface area contributed by atoms with Crippen molar-refractivity contribution < 1.29 is 9.53 Å². The van der Waals surface area contributed by atoms with E-state index in [1.807, 2.05) is 67.7 Å². The third-order valence-electron chi connectivity index (χ3n) is 6.43. The molecule has 1 amide bonds. The topological polar surface area (TPSA) is 56.2 Å². The predicted octanol–water partition coefficient (Wildman–Crippen LogP) is 6.90. The predicted molar refractivity (Wildman–Crippen MR) is 148 cm³/mol. The van der Waals surface area contributed by atoms with E-state index >= 15 is 0 Å². The Balaban J connectivity index is 1.41. The molecule has 1 N–H and O–H groups in total. The molecule has 0 aliphatic rings. The minimum Gasteiger partial charge on any atom is -0.457 e. The number of pyridine rings is 1. The molecule has 0 bridgehead atoms. The zero-order chi connectivity index (χ0) is 25.6. The van der Waals surface area contributed by atoms with Gasteiger partial charge in [-0.2, -0.15) is 0 Å². The molecule has 0 saturated heterocycles. The molecule has 0 saturated carbocycles. The first-order valence-electron chi connectivity index (χ1n) is 12.3. The van der Waals surface area contributed by atoms with Crippen LogP contribution in [0.25, 0.3) is 10.9 Å². The molecule has 0 radical (unpaired) electrons. The van der Waals surface area contributed by atoms with E-state index in [1.54, 1.807) is 18.3 Å². The summed E-state index contributed by atoms with van der Waals surface area (Å²) in [6, 6.07) is 29.4. The number of ether oxygens (including phenoxy) is 1. The summed E-state index contributed by atoms with van der Waals surface area (Å²) in [6.45, 7) is 0.540. The number of amides is 1. The van der Waals surface area contributed by atoms with Crippen LogP contribution in [0.4, 0.5) is 0 Å². The van der Waals surface area contributed by atoms with E-state index in [4.69, 9.17) is 16.3 Å². The highest BCUT2D eigenvalue weighted by Crippen LogP contribution is 2.36. The van der Waals surface area contributed by atoms with Crippen LogP contribution in [0.2, 0.25) is 5.02 Å². The number of para-hydroxylation sites is 1. The fraction of sp³-hybridized carbons (Fsp3) is 0.161. The molecule has 6 heteroatoms. The Hall–Kier alpha value is -4.09. The number of hydrogen-bond acceptors (Lipinski definition) is 3. The number of carbonyl (C=O) groups excluding carboxylic acids is 1. The van der Waals surface area contributed by atoms with Crippen molar-refractivity contribution in [2.45, 2.75) is 18.8 Å². The van der Waals surface area contributed by atoms with Crippen LogP contribution in [0.15, 0.2) is 103 Å². The van der Waals surface area contributed by atoms with Gasteiger partial charge in [0.15, 0.2) is 0 Å². The molecule has 0 fully saturated rings. The van der Waals surface area contributed by atoms with Gasteiger partial charge in [-0.05, 0) is 65.7 Å². The number of benzene rings is 3. The van der Waals surface area contributed by atoms with Crippen LogP contribution >= 0.6 is 11.6 Å². The third-order valence-corrected chi connectivity index (χ3v) is 6.68. The summed E-state index contributed by atoms with van der Waals surface area (Å²) in [5, 5.41) is 4.88. The first-order chi connectivity index (χ1) is 18.1. The second-order valence-corrected chi connectivity index (χ2v) is 9.46. The molecule has 1 atom stereocenters. The fourth-order valence-corrected chi connectivity index (χ4v) is 4.75. The van der Waals surface area contributed by atoms with E-state index in [-0.39, 0.29) is 11.8 Å². The lowest BCUT2D eigenvalue weighted by Gasteiger charge is -2.18. The maximum absolute atomic E-state index is 13.2. The molecule has 5 aromatic rings. The second-order valence-electron chi connectivity index (χ2n) is 9.02. The first kappa shape index (κ1) is 24.6. The number of nitrogens with zero attached hydrogens (tertiary/aromatic N) is 2. The summed E-state index contributed by atoms with van der Waals surface area (Å²) in [6.07, 6.45) is 4.91. The number of halogens is 1. The molecule has 5 rings (SSSR count). The number of hydrogen-bond donors (Lipinski definition) is 1. The minimum absolute atomic E-state index is 0.00196. The third kappa shape index (κ3) is 6.01. The highest BCUT2D eigenvalue weighted by atomic mass is 35.5. The lowest BCUT2D eigenvalue weighted by molar-refractivity contribution is -0.121. The number of aryl methyl sites for hydroxylation is 1. The molecular weight excluding hydrogens is 482 g/mol. The van der Waals surface area contributed by atoms with E-state index in [1.165, 1.54) is 0 Å². The molecule has 1 unspecified atom stereocenters. The number of nitrogens with one attached hydrogen (secondary N) is 1. The van der Waals surface area contributed by atoms with Crippen molar-refractivity contribution >= 4 is 28.4 Å². The van der Waals surface area contributed by atoms with Gasteiger partial charge in [0.1, 0.15) is 11.5 Å². The molecule has 186 valence electrons. The fourth-order valence-electron chi connectivity index (χ4n) is 4.63. The van der Waals surface area contributed by atoms with Crippen LogP contribution in [0.1, 0.15) is 29.2 Å². The zero-order valence-corrected chi connectivity index (χ0v) is 21.4. The Bertz CT molecular complexity index is 1500. The lowest BCUT2D eigenvalue weighted by atomic mass is 9.88. The maximum Gasteiger partial charge on any atom is 0.220 e. The Morgan fingerprint density at radius 3 is 2.59 bits per heavy atom. The van der Waals surface area contributed by atoms with Crippen LogP contribution in [-0.4, -0.2) is 22.0 Å². The highest BCUT2D eigenvalue weighted by Gasteiger charge is 2.23. The Morgan fingerprint density at radius 2 is 1.78 bits per heavy atom.